The smallest absolute Gasteiger partial charge is 0.459 e. The first-order chi connectivity index (χ1) is 7.45. The molecule has 1 aromatic rings. The van der Waals surface area contributed by atoms with Crippen LogP contribution in [0, 0.1) is 6.92 Å². The van der Waals surface area contributed by atoms with Crippen LogP contribution < -0.4 is 4.74 Å². The lowest BCUT2D eigenvalue weighted by molar-refractivity contribution is -0.216. The summed E-state index contributed by atoms with van der Waals surface area (Å²) >= 11 is 0. The maximum atomic E-state index is 13.1. The van der Waals surface area contributed by atoms with Crippen molar-refractivity contribution < 1.29 is 23.0 Å². The summed E-state index contributed by atoms with van der Waals surface area (Å²) in [7, 11) is 0. The van der Waals surface area contributed by atoms with Gasteiger partial charge in [-0.1, -0.05) is 0 Å². The van der Waals surface area contributed by atoms with Gasteiger partial charge < -0.3 is 9.47 Å². The third kappa shape index (κ3) is 3.15. The average Bonchev–Trinajstić information content (AvgIpc) is 2.21. The molecule has 6 heteroatoms. The van der Waals surface area contributed by atoms with Crippen LogP contribution in [0.2, 0.25) is 0 Å². The van der Waals surface area contributed by atoms with Crippen LogP contribution in [0.3, 0.4) is 0 Å². The van der Waals surface area contributed by atoms with Crippen molar-refractivity contribution in [2.24, 2.45) is 0 Å². The van der Waals surface area contributed by atoms with Crippen LogP contribution in [-0.2, 0) is 9.53 Å². The fourth-order valence-electron chi connectivity index (χ4n) is 0.919. The van der Waals surface area contributed by atoms with E-state index < -0.39 is 12.1 Å². The Bertz CT molecular complexity index is 365. The van der Waals surface area contributed by atoms with Gasteiger partial charge in [0.25, 0.3) is 0 Å². The maximum Gasteiger partial charge on any atom is 0.502 e. The Morgan fingerprint density at radius 2 is 2.19 bits per heavy atom. The summed E-state index contributed by atoms with van der Waals surface area (Å²) in [6.07, 6.45) is -2.88. The molecule has 1 aromatic heterocycles. The molecule has 0 saturated heterocycles. The molecule has 0 spiro atoms. The van der Waals surface area contributed by atoms with Gasteiger partial charge in [-0.15, -0.1) is 0 Å². The molecule has 16 heavy (non-hydrogen) atoms. The molecule has 0 aliphatic rings. The molecule has 0 N–H and O–H groups in total. The zero-order valence-electron chi connectivity index (χ0n) is 8.87. The van der Waals surface area contributed by atoms with Crippen molar-refractivity contribution in [3.63, 3.8) is 0 Å². The fraction of sp³-hybridized carbons (Fsp3) is 0.400. The Kier molecular flexibility index (Phi) is 3.76. The van der Waals surface area contributed by atoms with Gasteiger partial charge in [0.2, 0.25) is 0 Å². The minimum atomic E-state index is -3.99. The third-order valence-corrected chi connectivity index (χ3v) is 1.64. The van der Waals surface area contributed by atoms with Gasteiger partial charge in [0.05, 0.1) is 12.8 Å². The zero-order chi connectivity index (χ0) is 12.2. The van der Waals surface area contributed by atoms with E-state index in [1.807, 2.05) is 0 Å². The van der Waals surface area contributed by atoms with Gasteiger partial charge in [-0.25, -0.2) is 4.79 Å². The molecule has 0 unspecified atom stereocenters. The SMILES string of the molecule is CCOC(=O)C(F)(F)Oc1ccc(C)nc1. The first-order valence-electron chi connectivity index (χ1n) is 4.62. The van der Waals surface area contributed by atoms with Crippen LogP contribution in [0.4, 0.5) is 8.78 Å². The third-order valence-electron chi connectivity index (χ3n) is 1.64. The number of rotatable bonds is 4. The largest absolute Gasteiger partial charge is 0.502 e. The second kappa shape index (κ2) is 4.87. The molecule has 0 bridgehead atoms. The number of nitrogens with zero attached hydrogens (tertiary/aromatic N) is 1. The van der Waals surface area contributed by atoms with Gasteiger partial charge in [-0.2, -0.15) is 8.78 Å². The maximum absolute atomic E-state index is 13.1. The van der Waals surface area contributed by atoms with Crippen molar-refractivity contribution >= 4 is 5.97 Å². The summed E-state index contributed by atoms with van der Waals surface area (Å²) in [4.78, 5) is 14.6. The minimum absolute atomic E-state index is 0.135. The minimum Gasteiger partial charge on any atom is -0.459 e. The van der Waals surface area contributed by atoms with Crippen molar-refractivity contribution in [2.45, 2.75) is 20.0 Å². The van der Waals surface area contributed by atoms with E-state index in [0.29, 0.717) is 5.69 Å². The van der Waals surface area contributed by atoms with Crippen LogP contribution in [0.1, 0.15) is 12.6 Å². The first kappa shape index (κ1) is 12.4. The molecular formula is C10H11F2NO3. The summed E-state index contributed by atoms with van der Waals surface area (Å²) in [6.45, 7) is 3.00. The lowest BCUT2D eigenvalue weighted by atomic mass is 10.4. The monoisotopic (exact) mass is 231 g/mol. The topological polar surface area (TPSA) is 48.4 Å². The molecule has 4 nitrogen and oxygen atoms in total. The number of pyridine rings is 1. The highest BCUT2D eigenvalue weighted by Gasteiger charge is 2.44. The quantitative estimate of drug-likeness (QED) is 0.743. The number of hydrogen-bond donors (Lipinski definition) is 0. The number of carbonyl (C=O) groups excluding carboxylic acids is 1. The summed E-state index contributed by atoms with van der Waals surface area (Å²) in [6, 6.07) is 2.80. The van der Waals surface area contributed by atoms with Crippen molar-refractivity contribution in [1.29, 1.82) is 0 Å². The lowest BCUT2D eigenvalue weighted by Gasteiger charge is -2.15. The number of carbonyl (C=O) groups is 1. The highest BCUT2D eigenvalue weighted by molar-refractivity contribution is 5.76. The molecule has 88 valence electrons. The van der Waals surface area contributed by atoms with E-state index in [1.54, 1.807) is 6.92 Å². The Morgan fingerprint density at radius 3 is 2.69 bits per heavy atom. The Hall–Kier alpha value is -1.72. The predicted octanol–water partition coefficient (Wildman–Crippen LogP) is 1.92. The van der Waals surface area contributed by atoms with Gasteiger partial charge in [0.1, 0.15) is 5.75 Å². The van der Waals surface area contributed by atoms with Crippen molar-refractivity contribution in [3.05, 3.63) is 24.0 Å². The van der Waals surface area contributed by atoms with Gasteiger partial charge in [0.15, 0.2) is 0 Å². The van der Waals surface area contributed by atoms with E-state index in [-0.39, 0.29) is 12.4 Å². The van der Waals surface area contributed by atoms with Crippen LogP contribution in [0.25, 0.3) is 0 Å². The first-order valence-corrected chi connectivity index (χ1v) is 4.62. The average molecular weight is 231 g/mol. The van der Waals surface area contributed by atoms with Gasteiger partial charge in [0, 0.05) is 5.69 Å². The molecule has 1 rings (SSSR count). The molecule has 0 atom stereocenters. The molecule has 0 aromatic carbocycles. The number of esters is 1. The predicted molar refractivity (Wildman–Crippen MR) is 51.2 cm³/mol. The molecular weight excluding hydrogens is 220 g/mol. The summed E-state index contributed by atoms with van der Waals surface area (Å²) < 4.78 is 34.5. The molecule has 0 aliphatic heterocycles. The number of ether oxygens (including phenoxy) is 2. The van der Waals surface area contributed by atoms with E-state index in [0.717, 1.165) is 6.20 Å². The van der Waals surface area contributed by atoms with Crippen LogP contribution >= 0.6 is 0 Å². The molecule has 1 heterocycles. The zero-order valence-corrected chi connectivity index (χ0v) is 8.87. The summed E-state index contributed by atoms with van der Waals surface area (Å²) in [5.41, 5.74) is 0.659. The second-order valence-corrected chi connectivity index (χ2v) is 2.97. The van der Waals surface area contributed by atoms with Crippen LogP contribution in [0.15, 0.2) is 18.3 Å². The van der Waals surface area contributed by atoms with Crippen LogP contribution in [0.5, 0.6) is 5.75 Å². The number of alkyl halides is 2. The summed E-state index contributed by atoms with van der Waals surface area (Å²) in [5, 5.41) is 0. The van der Waals surface area contributed by atoms with Crippen LogP contribution in [-0.4, -0.2) is 23.7 Å². The number of aryl methyl sites for hydroxylation is 1. The Morgan fingerprint density at radius 1 is 1.50 bits per heavy atom. The van der Waals surface area contributed by atoms with E-state index in [2.05, 4.69) is 14.5 Å². The fourth-order valence-corrected chi connectivity index (χ4v) is 0.919. The lowest BCUT2D eigenvalue weighted by Crippen LogP contribution is -2.36. The molecule has 0 saturated carbocycles. The highest BCUT2D eigenvalue weighted by Crippen LogP contribution is 2.22. The Balaban J connectivity index is 2.72. The van der Waals surface area contributed by atoms with E-state index in [9.17, 15) is 13.6 Å². The van der Waals surface area contributed by atoms with Crippen molar-refractivity contribution in [3.8, 4) is 5.75 Å². The van der Waals surface area contributed by atoms with E-state index in [4.69, 9.17) is 0 Å². The Labute approximate surface area is 91.2 Å². The number of halogens is 2. The highest BCUT2D eigenvalue weighted by atomic mass is 19.3. The second-order valence-electron chi connectivity index (χ2n) is 2.97. The van der Waals surface area contributed by atoms with Gasteiger partial charge in [-0.05, 0) is 26.0 Å². The van der Waals surface area contributed by atoms with E-state index >= 15 is 0 Å². The van der Waals surface area contributed by atoms with Crippen molar-refractivity contribution in [2.75, 3.05) is 6.61 Å². The molecule has 0 fully saturated rings. The van der Waals surface area contributed by atoms with E-state index in [1.165, 1.54) is 19.1 Å². The molecule has 0 amide bonds. The number of hydrogen-bond acceptors (Lipinski definition) is 4. The number of aromatic nitrogens is 1. The van der Waals surface area contributed by atoms with Gasteiger partial charge in [-0.3, -0.25) is 4.98 Å². The molecule has 0 radical (unpaired) electrons. The molecule has 0 aliphatic carbocycles. The summed E-state index contributed by atoms with van der Waals surface area (Å²) in [5.74, 6) is -1.90. The van der Waals surface area contributed by atoms with Crippen molar-refractivity contribution in [1.82, 2.24) is 4.98 Å². The standard InChI is InChI=1S/C10H11F2NO3/c1-3-15-9(14)10(11,12)16-8-5-4-7(2)13-6-8/h4-6H,3H2,1-2H3. The van der Waals surface area contributed by atoms with Gasteiger partial charge >= 0.3 is 12.1 Å². The normalized spacial score (nSPS) is 11.0.